The zero-order valence-electron chi connectivity index (χ0n) is 19.9. The molecule has 5 rings (SSSR count). The van der Waals surface area contributed by atoms with Gasteiger partial charge in [0.2, 0.25) is 0 Å². The van der Waals surface area contributed by atoms with Gasteiger partial charge in [-0.2, -0.15) is 0 Å². The maximum absolute atomic E-state index is 11.6. The van der Waals surface area contributed by atoms with Crippen molar-refractivity contribution in [1.82, 2.24) is 5.16 Å². The summed E-state index contributed by atoms with van der Waals surface area (Å²) in [6.07, 6.45) is 5.67. The first kappa shape index (κ1) is 22.7. The van der Waals surface area contributed by atoms with E-state index in [1.54, 1.807) is 0 Å². The number of rotatable bonds is 8. The summed E-state index contributed by atoms with van der Waals surface area (Å²) in [6, 6.07) is 26.3. The Morgan fingerprint density at radius 1 is 0.971 bits per heavy atom. The fraction of sp³-hybridized carbons (Fsp3) is 0.200. The predicted octanol–water partition coefficient (Wildman–Crippen LogP) is 6.58. The van der Waals surface area contributed by atoms with Gasteiger partial charge >= 0.3 is 5.97 Å². The Bertz CT molecular complexity index is 1350. The number of aromatic nitrogens is 1. The zero-order chi connectivity index (χ0) is 24.4. The molecule has 1 aliphatic carbocycles. The third kappa shape index (κ3) is 4.50. The quantitative estimate of drug-likeness (QED) is 0.319. The normalized spacial score (nSPS) is 14.2. The van der Waals surface area contributed by atoms with Crippen molar-refractivity contribution in [3.05, 3.63) is 102 Å². The summed E-state index contributed by atoms with van der Waals surface area (Å²) in [5, 5.41) is 13.7. The van der Waals surface area contributed by atoms with Gasteiger partial charge in [-0.15, -0.1) is 0 Å². The highest BCUT2D eigenvalue weighted by molar-refractivity contribution is 5.85. The molecule has 1 heterocycles. The molecule has 3 aromatic carbocycles. The van der Waals surface area contributed by atoms with Crippen molar-refractivity contribution in [2.24, 2.45) is 0 Å². The average Bonchev–Trinajstić information content (AvgIpc) is 3.61. The van der Waals surface area contributed by atoms with Gasteiger partial charge in [-0.3, -0.25) is 4.79 Å². The molecule has 0 unspecified atom stereocenters. The van der Waals surface area contributed by atoms with Gasteiger partial charge in [0.15, 0.2) is 5.76 Å². The smallest absolute Gasteiger partial charge is 0.314 e. The molecule has 0 spiro atoms. The minimum Gasteiger partial charge on any atom is -0.481 e. The van der Waals surface area contributed by atoms with Gasteiger partial charge in [-0.05, 0) is 42.0 Å². The molecule has 1 saturated carbocycles. The number of hydrogen-bond donors (Lipinski definition) is 1. The molecule has 5 heteroatoms. The van der Waals surface area contributed by atoms with Crippen molar-refractivity contribution in [2.75, 3.05) is 18.5 Å². The summed E-state index contributed by atoms with van der Waals surface area (Å²) in [5.41, 5.74) is 6.29. The number of carboxylic acid groups (broad SMARTS) is 1. The number of carboxylic acids is 1. The van der Waals surface area contributed by atoms with Gasteiger partial charge in [-0.25, -0.2) is 0 Å². The zero-order valence-corrected chi connectivity index (χ0v) is 19.9. The van der Waals surface area contributed by atoms with Gasteiger partial charge < -0.3 is 14.5 Å². The highest BCUT2D eigenvalue weighted by atomic mass is 16.5. The molecule has 0 bridgehead atoms. The second-order valence-electron chi connectivity index (χ2n) is 9.18. The lowest BCUT2D eigenvalue weighted by molar-refractivity contribution is -0.140. The lowest BCUT2D eigenvalue weighted by Gasteiger charge is -2.17. The van der Waals surface area contributed by atoms with Crippen LogP contribution in [0, 0.1) is 6.92 Å². The van der Waals surface area contributed by atoms with E-state index in [2.05, 4.69) is 46.5 Å². The Morgan fingerprint density at radius 3 is 2.17 bits per heavy atom. The maximum Gasteiger partial charge on any atom is 0.314 e. The molecule has 0 radical (unpaired) electrons. The van der Waals surface area contributed by atoms with Crippen LogP contribution in [0.15, 0.2) is 89.5 Å². The molecule has 35 heavy (non-hydrogen) atoms. The number of anilines is 1. The molecule has 0 atom stereocenters. The molecule has 0 aliphatic heterocycles. The largest absolute Gasteiger partial charge is 0.481 e. The van der Waals surface area contributed by atoms with E-state index in [0.29, 0.717) is 12.8 Å². The van der Waals surface area contributed by atoms with Crippen molar-refractivity contribution in [3.63, 3.8) is 0 Å². The van der Waals surface area contributed by atoms with Crippen LogP contribution in [0.5, 0.6) is 0 Å². The van der Waals surface area contributed by atoms with Gasteiger partial charge in [0.1, 0.15) is 11.4 Å². The fourth-order valence-corrected chi connectivity index (χ4v) is 4.55. The number of nitrogens with zero attached hydrogens (tertiary/aromatic N) is 2. The van der Waals surface area contributed by atoms with E-state index in [4.69, 9.17) is 4.52 Å². The van der Waals surface area contributed by atoms with Crippen molar-refractivity contribution < 1.29 is 14.4 Å². The summed E-state index contributed by atoms with van der Waals surface area (Å²) < 4.78 is 5.72. The topological polar surface area (TPSA) is 66.6 Å². The standard InChI is InChI=1S/C30H28N2O3/c1-21-27(32(2)20-6-9-22-7-4-3-5-8-22)28(35-31-21)25-12-10-23(11-13-25)24-14-16-26(17-15-24)30(18-19-30)29(33)34/h3-17H,18-20H2,1-2H3,(H,33,34). The Hall–Kier alpha value is -4.12. The van der Waals surface area contributed by atoms with Gasteiger partial charge in [0.25, 0.3) is 0 Å². The van der Waals surface area contributed by atoms with Crippen LogP contribution in [0.4, 0.5) is 5.69 Å². The lowest BCUT2D eigenvalue weighted by Crippen LogP contribution is -2.19. The first-order valence-electron chi connectivity index (χ1n) is 11.8. The van der Waals surface area contributed by atoms with Crippen LogP contribution in [0.2, 0.25) is 0 Å². The first-order valence-corrected chi connectivity index (χ1v) is 11.8. The lowest BCUT2D eigenvalue weighted by atomic mass is 9.93. The van der Waals surface area contributed by atoms with Crippen molar-refractivity contribution >= 4 is 17.7 Å². The SMILES string of the molecule is Cc1noc(-c2ccc(-c3ccc(C4(C(=O)O)CC4)cc3)cc2)c1N(C)CC=Cc1ccccc1. The summed E-state index contributed by atoms with van der Waals surface area (Å²) in [7, 11) is 2.04. The number of hydrogen-bond acceptors (Lipinski definition) is 4. The second-order valence-corrected chi connectivity index (χ2v) is 9.18. The molecule has 1 aromatic heterocycles. The van der Waals surface area contributed by atoms with Crippen LogP contribution in [0.1, 0.15) is 29.7 Å². The monoisotopic (exact) mass is 464 g/mol. The molecule has 1 fully saturated rings. The molecule has 4 aromatic rings. The first-order chi connectivity index (χ1) is 17.0. The van der Waals surface area contributed by atoms with Crippen molar-refractivity contribution in [1.29, 1.82) is 0 Å². The molecule has 5 nitrogen and oxygen atoms in total. The molecule has 1 N–H and O–H groups in total. The van der Waals surface area contributed by atoms with E-state index in [-0.39, 0.29) is 0 Å². The van der Waals surface area contributed by atoms with Gasteiger partial charge in [0, 0.05) is 19.2 Å². The average molecular weight is 465 g/mol. The maximum atomic E-state index is 11.6. The van der Waals surface area contributed by atoms with E-state index in [1.165, 1.54) is 5.56 Å². The molecule has 176 valence electrons. The fourth-order valence-electron chi connectivity index (χ4n) is 4.55. The van der Waals surface area contributed by atoms with Crippen LogP contribution in [0.25, 0.3) is 28.5 Å². The number of aryl methyl sites for hydroxylation is 1. The third-order valence-electron chi connectivity index (χ3n) is 6.78. The highest BCUT2D eigenvalue weighted by Crippen LogP contribution is 2.48. The molecular formula is C30H28N2O3. The second kappa shape index (κ2) is 9.26. The minimum absolute atomic E-state index is 0.675. The summed E-state index contributed by atoms with van der Waals surface area (Å²) >= 11 is 0. The third-order valence-corrected chi connectivity index (χ3v) is 6.78. The van der Waals surface area contributed by atoms with E-state index in [0.717, 1.165) is 45.9 Å². The van der Waals surface area contributed by atoms with Crippen LogP contribution in [-0.2, 0) is 10.2 Å². The predicted molar refractivity (Wildman–Crippen MR) is 139 cm³/mol. The number of carbonyl (C=O) groups is 1. The Morgan fingerprint density at radius 2 is 1.57 bits per heavy atom. The minimum atomic E-state index is -0.728. The van der Waals surface area contributed by atoms with E-state index in [1.807, 2.05) is 68.6 Å². The van der Waals surface area contributed by atoms with Crippen LogP contribution >= 0.6 is 0 Å². The van der Waals surface area contributed by atoms with E-state index < -0.39 is 11.4 Å². The summed E-state index contributed by atoms with van der Waals surface area (Å²) in [4.78, 5) is 13.7. The van der Waals surface area contributed by atoms with Crippen molar-refractivity contribution in [3.8, 4) is 22.5 Å². The Labute approximate surface area is 205 Å². The van der Waals surface area contributed by atoms with Crippen LogP contribution < -0.4 is 4.90 Å². The summed E-state index contributed by atoms with van der Waals surface area (Å²) in [6.45, 7) is 2.69. The van der Waals surface area contributed by atoms with Crippen LogP contribution in [-0.4, -0.2) is 29.8 Å². The highest BCUT2D eigenvalue weighted by Gasteiger charge is 2.51. The molecule has 1 aliphatic rings. The van der Waals surface area contributed by atoms with Gasteiger partial charge in [-0.1, -0.05) is 96.2 Å². The van der Waals surface area contributed by atoms with Crippen molar-refractivity contribution in [2.45, 2.75) is 25.2 Å². The van der Waals surface area contributed by atoms with E-state index in [9.17, 15) is 9.90 Å². The molecule has 0 amide bonds. The number of benzene rings is 3. The molecule has 0 saturated heterocycles. The van der Waals surface area contributed by atoms with Gasteiger partial charge in [0.05, 0.1) is 5.41 Å². The Balaban J connectivity index is 1.33. The number of aliphatic carboxylic acids is 1. The van der Waals surface area contributed by atoms with E-state index >= 15 is 0 Å². The summed E-state index contributed by atoms with van der Waals surface area (Å²) in [5.74, 6) is 0.0189. The Kier molecular flexibility index (Phi) is 6.00. The molecular weight excluding hydrogens is 436 g/mol. The van der Waals surface area contributed by atoms with Crippen LogP contribution in [0.3, 0.4) is 0 Å². The number of likely N-dealkylation sites (N-methyl/N-ethyl adjacent to an activating group) is 1.